The molecule has 0 amide bonds. The van der Waals surface area contributed by atoms with E-state index in [0.717, 1.165) is 44.9 Å². The molecule has 0 heterocycles. The molecule has 0 radical (unpaired) electrons. The summed E-state index contributed by atoms with van der Waals surface area (Å²) in [7, 11) is 0. The van der Waals surface area contributed by atoms with Gasteiger partial charge in [-0.2, -0.15) is 0 Å². The van der Waals surface area contributed by atoms with Gasteiger partial charge in [-0.05, 0) is 105 Å². The van der Waals surface area contributed by atoms with Crippen molar-refractivity contribution in [2.45, 2.75) is 90.3 Å². The van der Waals surface area contributed by atoms with Gasteiger partial charge in [0.1, 0.15) is 12.2 Å². The number of carbonyl (C=O) groups excluding carboxylic acids is 2. The van der Waals surface area contributed by atoms with Crippen LogP contribution in [-0.2, 0) is 22.3 Å². The van der Waals surface area contributed by atoms with Crippen molar-refractivity contribution in [1.29, 1.82) is 0 Å². The van der Waals surface area contributed by atoms with E-state index in [1.807, 2.05) is 36.4 Å². The number of unbranched alkanes of at least 4 members (excludes halogenated alkanes) is 2. The highest BCUT2D eigenvalue weighted by Crippen LogP contribution is 2.60. The van der Waals surface area contributed by atoms with Gasteiger partial charge in [0, 0.05) is 5.92 Å². The first kappa shape index (κ1) is 25.0. The van der Waals surface area contributed by atoms with E-state index in [-0.39, 0.29) is 24.1 Å². The second-order valence-electron chi connectivity index (χ2n) is 11.2. The zero-order valence-electron chi connectivity index (χ0n) is 21.8. The SMILES string of the molecule is CCCCc1cccc(C(=O)OC2CC3C4CCC(C4)C3C2OC(=O)c2cccc(CCCC)c2)c1. The van der Waals surface area contributed by atoms with Gasteiger partial charge in [-0.15, -0.1) is 0 Å². The summed E-state index contributed by atoms with van der Waals surface area (Å²) in [4.78, 5) is 26.5. The van der Waals surface area contributed by atoms with Crippen molar-refractivity contribution < 1.29 is 19.1 Å². The molecule has 2 aromatic carbocycles. The second-order valence-corrected chi connectivity index (χ2v) is 11.2. The van der Waals surface area contributed by atoms with Crippen molar-refractivity contribution in [1.82, 2.24) is 0 Å². The van der Waals surface area contributed by atoms with Gasteiger partial charge < -0.3 is 9.47 Å². The van der Waals surface area contributed by atoms with E-state index in [1.54, 1.807) is 0 Å². The normalized spacial score (nSPS) is 28.2. The van der Waals surface area contributed by atoms with Gasteiger partial charge in [0.25, 0.3) is 0 Å². The van der Waals surface area contributed by atoms with Crippen molar-refractivity contribution in [2.24, 2.45) is 23.7 Å². The van der Waals surface area contributed by atoms with Crippen molar-refractivity contribution in [3.8, 4) is 0 Å². The molecule has 0 aliphatic heterocycles. The molecule has 6 unspecified atom stereocenters. The Labute approximate surface area is 215 Å². The monoisotopic (exact) mass is 488 g/mol. The van der Waals surface area contributed by atoms with E-state index >= 15 is 0 Å². The Morgan fingerprint density at radius 3 is 1.97 bits per heavy atom. The number of fused-ring (bicyclic) bond motifs is 5. The minimum absolute atomic E-state index is 0.288. The number of benzene rings is 2. The first-order chi connectivity index (χ1) is 17.6. The molecule has 2 bridgehead atoms. The standard InChI is InChI=1S/C32H40O4/c1-3-5-9-21-11-7-13-25(17-21)31(33)35-28-20-27-23-15-16-24(19-23)29(27)30(28)36-32(34)26-14-8-12-22(18-26)10-6-4-2/h7-8,11-14,17-18,23-24,27-30H,3-6,9-10,15-16,19-20H2,1-2H3. The molecule has 6 atom stereocenters. The quantitative estimate of drug-likeness (QED) is 0.332. The van der Waals surface area contributed by atoms with Gasteiger partial charge in [0.05, 0.1) is 11.1 Å². The van der Waals surface area contributed by atoms with Crippen LogP contribution in [0.4, 0.5) is 0 Å². The van der Waals surface area contributed by atoms with E-state index in [2.05, 4.69) is 26.0 Å². The van der Waals surface area contributed by atoms with Gasteiger partial charge in [0.15, 0.2) is 0 Å². The molecular weight excluding hydrogens is 448 g/mol. The predicted molar refractivity (Wildman–Crippen MR) is 141 cm³/mol. The summed E-state index contributed by atoms with van der Waals surface area (Å²) in [5.74, 6) is 1.47. The van der Waals surface area contributed by atoms with Crippen molar-refractivity contribution in [2.75, 3.05) is 0 Å². The number of hydrogen-bond acceptors (Lipinski definition) is 4. The fourth-order valence-electron chi connectivity index (χ4n) is 7.10. The Hall–Kier alpha value is -2.62. The van der Waals surface area contributed by atoms with Crippen LogP contribution in [0.2, 0.25) is 0 Å². The first-order valence-electron chi connectivity index (χ1n) is 14.2. The molecule has 3 fully saturated rings. The molecule has 36 heavy (non-hydrogen) atoms. The summed E-state index contributed by atoms with van der Waals surface area (Å²) in [5.41, 5.74) is 3.53. The average Bonchev–Trinajstić information content (AvgIpc) is 3.60. The number of carbonyl (C=O) groups is 2. The molecule has 4 nitrogen and oxygen atoms in total. The number of aryl methyl sites for hydroxylation is 2. The van der Waals surface area contributed by atoms with E-state index in [1.165, 1.54) is 30.4 Å². The average molecular weight is 489 g/mol. The third-order valence-electron chi connectivity index (χ3n) is 8.87. The first-order valence-corrected chi connectivity index (χ1v) is 14.2. The molecule has 0 aromatic heterocycles. The smallest absolute Gasteiger partial charge is 0.338 e. The molecule has 0 N–H and O–H groups in total. The highest BCUT2D eigenvalue weighted by Gasteiger charge is 2.59. The number of esters is 2. The molecule has 3 aliphatic carbocycles. The maximum atomic E-state index is 13.3. The summed E-state index contributed by atoms with van der Waals surface area (Å²) >= 11 is 0. The van der Waals surface area contributed by atoms with Gasteiger partial charge >= 0.3 is 11.9 Å². The lowest BCUT2D eigenvalue weighted by molar-refractivity contribution is -0.0416. The van der Waals surface area contributed by atoms with Crippen molar-refractivity contribution in [3.05, 3.63) is 70.8 Å². The fourth-order valence-corrected chi connectivity index (χ4v) is 7.10. The third-order valence-corrected chi connectivity index (χ3v) is 8.87. The molecule has 0 spiro atoms. The third kappa shape index (κ3) is 5.23. The van der Waals surface area contributed by atoms with E-state index in [0.29, 0.717) is 34.8 Å². The van der Waals surface area contributed by atoms with E-state index < -0.39 is 0 Å². The Kier molecular flexibility index (Phi) is 7.79. The van der Waals surface area contributed by atoms with E-state index in [4.69, 9.17) is 9.47 Å². The zero-order valence-corrected chi connectivity index (χ0v) is 21.8. The zero-order chi connectivity index (χ0) is 25.1. The predicted octanol–water partition coefficient (Wildman–Crippen LogP) is 7.19. The minimum atomic E-state index is -0.373. The number of ether oxygens (including phenoxy) is 2. The van der Waals surface area contributed by atoms with Crippen LogP contribution in [0.25, 0.3) is 0 Å². The van der Waals surface area contributed by atoms with Crippen LogP contribution in [0.3, 0.4) is 0 Å². The van der Waals surface area contributed by atoms with Crippen LogP contribution in [0, 0.1) is 23.7 Å². The summed E-state index contributed by atoms with van der Waals surface area (Å²) in [5, 5.41) is 0. The molecule has 5 rings (SSSR count). The second kappa shape index (κ2) is 11.2. The maximum Gasteiger partial charge on any atom is 0.338 e. The largest absolute Gasteiger partial charge is 0.455 e. The van der Waals surface area contributed by atoms with Crippen LogP contribution >= 0.6 is 0 Å². The molecule has 3 saturated carbocycles. The lowest BCUT2D eigenvalue weighted by Crippen LogP contribution is -2.37. The Morgan fingerprint density at radius 1 is 0.778 bits per heavy atom. The van der Waals surface area contributed by atoms with Crippen LogP contribution in [0.15, 0.2) is 48.5 Å². The maximum absolute atomic E-state index is 13.3. The molecule has 4 heteroatoms. The van der Waals surface area contributed by atoms with Crippen LogP contribution < -0.4 is 0 Å². The van der Waals surface area contributed by atoms with Crippen LogP contribution in [0.1, 0.15) is 97.1 Å². The summed E-state index contributed by atoms with van der Waals surface area (Å²) in [6.07, 6.45) is 10.1. The highest BCUT2D eigenvalue weighted by atomic mass is 16.6. The number of hydrogen-bond donors (Lipinski definition) is 0. The van der Waals surface area contributed by atoms with Gasteiger partial charge in [-0.1, -0.05) is 51.0 Å². The Balaban J connectivity index is 1.32. The summed E-state index contributed by atoms with van der Waals surface area (Å²) in [6, 6.07) is 15.6. The topological polar surface area (TPSA) is 52.6 Å². The van der Waals surface area contributed by atoms with Gasteiger partial charge in [-0.25, -0.2) is 9.59 Å². The van der Waals surface area contributed by atoms with Crippen molar-refractivity contribution in [3.63, 3.8) is 0 Å². The van der Waals surface area contributed by atoms with Crippen molar-refractivity contribution >= 4 is 11.9 Å². The number of rotatable bonds is 10. The molecule has 2 aromatic rings. The van der Waals surface area contributed by atoms with E-state index in [9.17, 15) is 9.59 Å². The highest BCUT2D eigenvalue weighted by molar-refractivity contribution is 5.90. The van der Waals surface area contributed by atoms with Crippen LogP contribution in [0.5, 0.6) is 0 Å². The Bertz CT molecular complexity index is 1080. The molecule has 192 valence electrons. The fraction of sp³-hybridized carbons (Fsp3) is 0.562. The summed E-state index contributed by atoms with van der Waals surface area (Å²) < 4.78 is 12.4. The molecule has 3 aliphatic rings. The lowest BCUT2D eigenvalue weighted by Gasteiger charge is -2.29. The molecular formula is C32H40O4. The van der Waals surface area contributed by atoms with Gasteiger partial charge in [-0.3, -0.25) is 0 Å². The minimum Gasteiger partial charge on any atom is -0.455 e. The Morgan fingerprint density at radius 2 is 1.36 bits per heavy atom. The lowest BCUT2D eigenvalue weighted by atomic mass is 9.81. The van der Waals surface area contributed by atoms with Crippen LogP contribution in [-0.4, -0.2) is 24.1 Å². The molecule has 0 saturated heterocycles. The summed E-state index contributed by atoms with van der Waals surface area (Å²) in [6.45, 7) is 4.35. The van der Waals surface area contributed by atoms with Gasteiger partial charge in [0.2, 0.25) is 0 Å².